The predicted molar refractivity (Wildman–Crippen MR) is 105 cm³/mol. The number of aromatic nitrogens is 4. The number of aromatic hydroxyl groups is 1. The highest BCUT2D eigenvalue weighted by molar-refractivity contribution is 5.96. The molecule has 0 aliphatic carbocycles. The first-order chi connectivity index (χ1) is 13.9. The van der Waals surface area contributed by atoms with Crippen LogP contribution < -0.4 is 17.0 Å². The molecule has 156 valence electrons. The molecule has 11 nitrogen and oxygen atoms in total. The number of carbonyl (C=O) groups excluding carboxylic acids is 1. The smallest absolute Gasteiger partial charge is 0.334 e. The Morgan fingerprint density at radius 3 is 2.62 bits per heavy atom. The Balaban J connectivity index is 1.92. The van der Waals surface area contributed by atoms with Crippen LogP contribution in [-0.4, -0.2) is 54.2 Å². The maximum absolute atomic E-state index is 13.0. The Labute approximate surface area is 166 Å². The van der Waals surface area contributed by atoms with Gasteiger partial charge in [-0.2, -0.15) is 5.10 Å². The third-order valence-corrected chi connectivity index (χ3v) is 5.22. The zero-order valence-electron chi connectivity index (χ0n) is 16.2. The molecule has 29 heavy (non-hydrogen) atoms. The number of rotatable bonds is 6. The van der Waals surface area contributed by atoms with Crippen LogP contribution in [0, 0.1) is 5.41 Å². The average molecular weight is 403 g/mol. The minimum atomic E-state index is -0.771. The summed E-state index contributed by atoms with van der Waals surface area (Å²) in [6.07, 6.45) is 5.17. The van der Waals surface area contributed by atoms with E-state index in [2.05, 4.69) is 10.2 Å². The van der Waals surface area contributed by atoms with Gasteiger partial charge in [0, 0.05) is 31.9 Å². The highest BCUT2D eigenvalue weighted by atomic mass is 16.3. The largest absolute Gasteiger partial charge is 0.494 e. The Kier molecular flexibility index (Phi) is 5.85. The van der Waals surface area contributed by atoms with Crippen LogP contribution in [0.2, 0.25) is 0 Å². The van der Waals surface area contributed by atoms with Crippen LogP contribution in [0.3, 0.4) is 0 Å². The van der Waals surface area contributed by atoms with E-state index < -0.39 is 29.0 Å². The van der Waals surface area contributed by atoms with E-state index >= 15 is 0 Å². The number of nitrogens with two attached hydrogens (primary N) is 1. The van der Waals surface area contributed by atoms with Crippen molar-refractivity contribution in [2.75, 3.05) is 13.1 Å². The number of hydrogen-bond donors (Lipinski definition) is 4. The number of carbonyl (C=O) groups is 1. The number of piperidine rings is 1. The van der Waals surface area contributed by atoms with Crippen molar-refractivity contribution >= 4 is 11.7 Å². The van der Waals surface area contributed by atoms with Crippen LogP contribution in [0.5, 0.6) is 5.88 Å². The summed E-state index contributed by atoms with van der Waals surface area (Å²) in [5.74, 6) is -1.32. The number of nitrogens with one attached hydrogen (secondary N) is 2. The van der Waals surface area contributed by atoms with E-state index in [0.29, 0.717) is 37.9 Å². The van der Waals surface area contributed by atoms with Crippen LogP contribution in [0.25, 0.3) is 0 Å². The van der Waals surface area contributed by atoms with Crippen LogP contribution in [0.4, 0.5) is 0 Å². The van der Waals surface area contributed by atoms with Crippen molar-refractivity contribution in [1.29, 1.82) is 5.41 Å². The first-order valence-corrected chi connectivity index (χ1v) is 9.57. The number of nitrogen functional groups attached to an aromatic ring is 1. The normalized spacial score (nSPS) is 14.9. The molecule has 0 spiro atoms. The van der Waals surface area contributed by atoms with Crippen LogP contribution in [-0.2, 0) is 6.54 Å². The second-order valence-electron chi connectivity index (χ2n) is 7.09. The van der Waals surface area contributed by atoms with Crippen molar-refractivity contribution in [3.05, 3.63) is 44.4 Å². The van der Waals surface area contributed by atoms with Crippen LogP contribution >= 0.6 is 0 Å². The van der Waals surface area contributed by atoms with Gasteiger partial charge in [0.1, 0.15) is 11.4 Å². The highest BCUT2D eigenvalue weighted by Crippen LogP contribution is 2.22. The van der Waals surface area contributed by atoms with E-state index in [0.717, 1.165) is 15.6 Å². The fourth-order valence-corrected chi connectivity index (χ4v) is 3.61. The van der Waals surface area contributed by atoms with Gasteiger partial charge in [-0.3, -0.25) is 29.2 Å². The van der Waals surface area contributed by atoms with Gasteiger partial charge in [-0.05, 0) is 19.3 Å². The molecule has 1 fully saturated rings. The summed E-state index contributed by atoms with van der Waals surface area (Å²) in [5.41, 5.74) is 4.21. The lowest BCUT2D eigenvalue weighted by atomic mass is 10.0. The molecule has 0 saturated carbocycles. The van der Waals surface area contributed by atoms with E-state index in [-0.39, 0.29) is 18.0 Å². The van der Waals surface area contributed by atoms with Gasteiger partial charge in [0.15, 0.2) is 0 Å². The number of amidine groups is 1. The first-order valence-electron chi connectivity index (χ1n) is 9.57. The number of aromatic amines is 1. The van der Waals surface area contributed by atoms with Gasteiger partial charge < -0.3 is 15.7 Å². The second-order valence-corrected chi connectivity index (χ2v) is 7.09. The lowest BCUT2D eigenvalue weighted by Crippen LogP contribution is -2.48. The summed E-state index contributed by atoms with van der Waals surface area (Å²) in [5, 5.41) is 24.4. The number of nitrogens with zero attached hydrogens (tertiary/aromatic N) is 4. The quantitative estimate of drug-likeness (QED) is 0.392. The number of H-pyrrole nitrogens is 1. The maximum atomic E-state index is 13.0. The van der Waals surface area contributed by atoms with Gasteiger partial charge in [-0.15, -0.1) is 0 Å². The molecule has 0 radical (unpaired) electrons. The fraction of sp³-hybridized carbons (Fsp3) is 0.500. The standard InChI is InChI=1S/C18H25N7O4/c1-2-3-6-24-16(27)13(14(19)20)17(28)25(18(24)29)12-4-7-23(8-5-12)15(26)11-9-21-22-10-11/h9-10,12,27H,2-8H2,1H3,(H3,19,20)(H,21,22). The van der Waals surface area contributed by atoms with Crippen molar-refractivity contribution in [2.24, 2.45) is 5.73 Å². The first kappa shape index (κ1) is 20.4. The molecule has 0 bridgehead atoms. The molecule has 1 saturated heterocycles. The molecule has 0 unspecified atom stereocenters. The monoisotopic (exact) mass is 403 g/mol. The minimum Gasteiger partial charge on any atom is -0.494 e. The summed E-state index contributed by atoms with van der Waals surface area (Å²) in [6, 6.07) is -0.449. The van der Waals surface area contributed by atoms with Gasteiger partial charge in [0.05, 0.1) is 11.8 Å². The molecule has 2 aromatic heterocycles. The maximum Gasteiger partial charge on any atom is 0.334 e. The summed E-state index contributed by atoms with van der Waals surface area (Å²) in [4.78, 5) is 39.9. The Hall–Kier alpha value is -3.37. The Morgan fingerprint density at radius 1 is 1.38 bits per heavy atom. The summed E-state index contributed by atoms with van der Waals surface area (Å²) in [6.45, 7) is 2.90. The van der Waals surface area contributed by atoms with Crippen molar-refractivity contribution in [3.8, 4) is 5.88 Å². The molecule has 0 aromatic carbocycles. The fourth-order valence-electron chi connectivity index (χ4n) is 3.61. The summed E-state index contributed by atoms with van der Waals surface area (Å²) < 4.78 is 2.18. The molecular weight excluding hydrogens is 378 g/mol. The third-order valence-electron chi connectivity index (χ3n) is 5.22. The van der Waals surface area contributed by atoms with Gasteiger partial charge >= 0.3 is 5.69 Å². The van der Waals surface area contributed by atoms with Gasteiger partial charge in [-0.1, -0.05) is 13.3 Å². The van der Waals surface area contributed by atoms with E-state index in [1.165, 1.54) is 12.4 Å². The third kappa shape index (κ3) is 3.80. The second kappa shape index (κ2) is 8.33. The number of hydrogen-bond acceptors (Lipinski definition) is 6. The van der Waals surface area contributed by atoms with Crippen LogP contribution in [0.1, 0.15) is 54.6 Å². The SMILES string of the molecule is CCCCn1c(O)c(C(=N)N)c(=O)n(C2CCN(C(=O)c3cn[nH]c3)CC2)c1=O. The zero-order chi connectivity index (χ0) is 21.1. The average Bonchev–Trinajstić information content (AvgIpc) is 3.22. The minimum absolute atomic E-state index is 0.167. The lowest BCUT2D eigenvalue weighted by Gasteiger charge is -2.32. The van der Waals surface area contributed by atoms with Gasteiger partial charge in [0.25, 0.3) is 11.5 Å². The number of unbranched alkanes of at least 4 members (excludes halogenated alkanes) is 1. The molecule has 5 N–H and O–H groups in total. The highest BCUT2D eigenvalue weighted by Gasteiger charge is 2.29. The topological polar surface area (TPSA) is 163 Å². The van der Waals surface area contributed by atoms with Gasteiger partial charge in [-0.25, -0.2) is 4.79 Å². The van der Waals surface area contributed by atoms with E-state index in [1.807, 2.05) is 6.92 Å². The van der Waals surface area contributed by atoms with Crippen molar-refractivity contribution in [2.45, 2.75) is 45.2 Å². The summed E-state index contributed by atoms with van der Waals surface area (Å²) in [7, 11) is 0. The molecule has 0 atom stereocenters. The summed E-state index contributed by atoms with van der Waals surface area (Å²) >= 11 is 0. The molecule has 1 aliphatic rings. The molecule has 11 heteroatoms. The molecular formula is C18H25N7O4. The molecule has 3 rings (SSSR count). The van der Waals surface area contributed by atoms with Crippen molar-refractivity contribution < 1.29 is 9.90 Å². The Bertz CT molecular complexity index is 1010. The van der Waals surface area contributed by atoms with E-state index in [9.17, 15) is 19.5 Å². The predicted octanol–water partition coefficient (Wildman–Crippen LogP) is 0.000170. The lowest BCUT2D eigenvalue weighted by molar-refractivity contribution is 0.0691. The molecule has 1 amide bonds. The Morgan fingerprint density at radius 2 is 2.07 bits per heavy atom. The zero-order valence-corrected chi connectivity index (χ0v) is 16.2. The van der Waals surface area contributed by atoms with Crippen molar-refractivity contribution in [1.82, 2.24) is 24.2 Å². The van der Waals surface area contributed by atoms with Gasteiger partial charge in [0.2, 0.25) is 5.88 Å². The van der Waals surface area contributed by atoms with E-state index in [1.54, 1.807) is 4.90 Å². The molecule has 2 aromatic rings. The molecule has 3 heterocycles. The van der Waals surface area contributed by atoms with Crippen LogP contribution in [0.15, 0.2) is 22.0 Å². The van der Waals surface area contributed by atoms with E-state index in [4.69, 9.17) is 11.1 Å². The van der Waals surface area contributed by atoms with Crippen molar-refractivity contribution in [3.63, 3.8) is 0 Å². The number of likely N-dealkylation sites (tertiary alicyclic amines) is 1. The number of amides is 1. The molecule has 1 aliphatic heterocycles.